The van der Waals surface area contributed by atoms with Crippen LogP contribution < -0.4 is 20.1 Å². The molecule has 1 amide bonds. The van der Waals surface area contributed by atoms with Gasteiger partial charge in [0.1, 0.15) is 5.52 Å². The number of nitrogens with zero attached hydrogens (tertiary/aromatic N) is 1. The molecule has 0 spiro atoms. The number of carbonyl (C=O) groups is 2. The molecule has 4 rings (SSSR count). The highest BCUT2D eigenvalue weighted by atomic mass is 16.5. The van der Waals surface area contributed by atoms with Crippen molar-refractivity contribution in [2.75, 3.05) is 24.4 Å². The third-order valence-electron chi connectivity index (χ3n) is 5.34. The Kier molecular flexibility index (Phi) is 7.69. The average Bonchev–Trinajstić information content (AvgIpc) is 3.24. The lowest BCUT2D eigenvalue weighted by Crippen LogP contribution is -2.15. The number of fused-ring (bicyclic) bond motifs is 1. The number of rotatable bonds is 11. The summed E-state index contributed by atoms with van der Waals surface area (Å²) in [5.74, 6) is -0.357. The number of para-hydroxylation sites is 1. The summed E-state index contributed by atoms with van der Waals surface area (Å²) in [5, 5.41) is 14.9. The molecule has 1 heterocycles. The normalized spacial score (nSPS) is 11.6. The summed E-state index contributed by atoms with van der Waals surface area (Å²) in [6.07, 6.45) is 0.139. The second-order valence-corrected chi connectivity index (χ2v) is 8.42. The summed E-state index contributed by atoms with van der Waals surface area (Å²) in [5.41, 5.74) is 3.45. The van der Waals surface area contributed by atoms with E-state index in [2.05, 4.69) is 15.6 Å². The van der Waals surface area contributed by atoms with E-state index in [4.69, 9.17) is 19.0 Å². The summed E-state index contributed by atoms with van der Waals surface area (Å²) < 4.78 is 16.8. The maximum Gasteiger partial charge on any atom is 0.303 e. The number of hydrogen-bond donors (Lipinski definition) is 3. The van der Waals surface area contributed by atoms with Gasteiger partial charge in [-0.3, -0.25) is 9.59 Å². The van der Waals surface area contributed by atoms with Crippen molar-refractivity contribution >= 4 is 40.4 Å². The number of ether oxygens (including phenoxy) is 2. The van der Waals surface area contributed by atoms with Crippen LogP contribution >= 0.6 is 0 Å². The number of amides is 1. The van der Waals surface area contributed by atoms with Crippen LogP contribution in [0.25, 0.3) is 11.1 Å². The maximum absolute atomic E-state index is 12.7. The molecule has 0 saturated carbocycles. The van der Waals surface area contributed by atoms with Gasteiger partial charge in [-0.1, -0.05) is 31.2 Å². The Hall–Kier alpha value is -4.53. The zero-order valence-corrected chi connectivity index (χ0v) is 20.0. The van der Waals surface area contributed by atoms with Gasteiger partial charge in [-0.05, 0) is 42.0 Å². The molecule has 0 aliphatic heterocycles. The maximum atomic E-state index is 12.7. The van der Waals surface area contributed by atoms with Crippen LogP contribution in [0.1, 0.15) is 18.9 Å². The van der Waals surface area contributed by atoms with Gasteiger partial charge in [-0.15, -0.1) is 0 Å². The van der Waals surface area contributed by atoms with Crippen molar-refractivity contribution in [2.24, 2.45) is 5.92 Å². The molecular weight excluding hydrogens is 462 g/mol. The van der Waals surface area contributed by atoms with E-state index in [0.29, 0.717) is 34.3 Å². The smallest absolute Gasteiger partial charge is 0.303 e. The van der Waals surface area contributed by atoms with Crippen molar-refractivity contribution in [2.45, 2.75) is 19.8 Å². The van der Waals surface area contributed by atoms with Crippen LogP contribution in [0.5, 0.6) is 11.5 Å². The second-order valence-electron chi connectivity index (χ2n) is 8.42. The monoisotopic (exact) mass is 489 g/mol. The molecule has 1 atom stereocenters. The zero-order valence-electron chi connectivity index (χ0n) is 20.0. The molecular formula is C27H27N3O6. The van der Waals surface area contributed by atoms with Crippen molar-refractivity contribution in [3.8, 4) is 11.5 Å². The number of nitrogens with one attached hydrogen (secondary N) is 2. The van der Waals surface area contributed by atoms with Crippen LogP contribution in [0.3, 0.4) is 0 Å². The lowest BCUT2D eigenvalue weighted by atomic mass is 10.1. The minimum Gasteiger partial charge on any atom is -0.493 e. The molecule has 186 valence electrons. The third kappa shape index (κ3) is 6.53. The zero-order chi connectivity index (χ0) is 25.5. The van der Waals surface area contributed by atoms with Crippen molar-refractivity contribution in [1.82, 2.24) is 4.98 Å². The van der Waals surface area contributed by atoms with Gasteiger partial charge < -0.3 is 29.6 Å². The quantitative estimate of drug-likeness (QED) is 0.261. The van der Waals surface area contributed by atoms with Gasteiger partial charge >= 0.3 is 5.97 Å². The van der Waals surface area contributed by atoms with E-state index < -0.39 is 5.97 Å². The van der Waals surface area contributed by atoms with E-state index in [9.17, 15) is 9.59 Å². The summed E-state index contributed by atoms with van der Waals surface area (Å²) in [6, 6.07) is 20.5. The van der Waals surface area contributed by atoms with Gasteiger partial charge in [0.15, 0.2) is 17.1 Å². The van der Waals surface area contributed by atoms with Crippen molar-refractivity contribution in [3.05, 3.63) is 72.3 Å². The van der Waals surface area contributed by atoms with Gasteiger partial charge in [0.05, 0.1) is 26.6 Å². The van der Waals surface area contributed by atoms with Gasteiger partial charge in [0.2, 0.25) is 5.91 Å². The number of aliphatic carboxylic acids is 1. The molecule has 1 aromatic heterocycles. The van der Waals surface area contributed by atoms with Gasteiger partial charge in [-0.2, -0.15) is 4.98 Å². The average molecular weight is 490 g/mol. The Labute approximate surface area is 208 Å². The highest BCUT2D eigenvalue weighted by Crippen LogP contribution is 2.31. The topological polar surface area (TPSA) is 123 Å². The first-order valence-corrected chi connectivity index (χ1v) is 11.4. The number of methoxy groups -OCH3 is 1. The first kappa shape index (κ1) is 24.6. The number of benzene rings is 3. The third-order valence-corrected chi connectivity index (χ3v) is 5.34. The van der Waals surface area contributed by atoms with Crippen molar-refractivity contribution < 1.29 is 28.6 Å². The second kappa shape index (κ2) is 11.3. The molecule has 0 fully saturated rings. The van der Waals surface area contributed by atoms with Gasteiger partial charge in [0.25, 0.3) is 6.01 Å². The summed E-state index contributed by atoms with van der Waals surface area (Å²) in [6.45, 7) is 2.00. The molecule has 3 N–H and O–H groups in total. The number of oxazole rings is 1. The lowest BCUT2D eigenvalue weighted by Gasteiger charge is -2.15. The van der Waals surface area contributed by atoms with Crippen molar-refractivity contribution in [3.63, 3.8) is 0 Å². The largest absolute Gasteiger partial charge is 0.493 e. The van der Waals surface area contributed by atoms with Gasteiger partial charge in [0, 0.05) is 23.4 Å². The summed E-state index contributed by atoms with van der Waals surface area (Å²) >= 11 is 0. The molecule has 0 bridgehead atoms. The van der Waals surface area contributed by atoms with E-state index in [1.165, 1.54) is 7.11 Å². The van der Waals surface area contributed by atoms with E-state index in [1.54, 1.807) is 31.2 Å². The Morgan fingerprint density at radius 2 is 1.83 bits per heavy atom. The number of carboxylic acid groups (broad SMARTS) is 1. The Bertz CT molecular complexity index is 1350. The van der Waals surface area contributed by atoms with Crippen LogP contribution in [0.4, 0.5) is 17.4 Å². The van der Waals surface area contributed by atoms with E-state index in [1.807, 2.05) is 42.5 Å². The van der Waals surface area contributed by atoms with Crippen LogP contribution in [-0.4, -0.2) is 35.7 Å². The van der Waals surface area contributed by atoms with E-state index in [0.717, 1.165) is 11.3 Å². The number of hydrogen-bond acceptors (Lipinski definition) is 7. The molecule has 0 aliphatic carbocycles. The van der Waals surface area contributed by atoms with Crippen LogP contribution in [-0.2, 0) is 16.0 Å². The van der Waals surface area contributed by atoms with Gasteiger partial charge in [-0.25, -0.2) is 0 Å². The van der Waals surface area contributed by atoms with E-state index in [-0.39, 0.29) is 31.3 Å². The molecule has 3 aromatic carbocycles. The van der Waals surface area contributed by atoms with Crippen LogP contribution in [0, 0.1) is 5.92 Å². The Morgan fingerprint density at radius 1 is 1.03 bits per heavy atom. The minimum atomic E-state index is -0.883. The molecule has 0 aliphatic rings. The fourth-order valence-electron chi connectivity index (χ4n) is 3.63. The number of aromatic nitrogens is 1. The first-order chi connectivity index (χ1) is 17.4. The highest BCUT2D eigenvalue weighted by molar-refractivity contribution is 5.93. The number of carboxylic acids is 1. The fraction of sp³-hybridized carbons (Fsp3) is 0.222. The van der Waals surface area contributed by atoms with Crippen LogP contribution in [0.2, 0.25) is 0 Å². The van der Waals surface area contributed by atoms with E-state index >= 15 is 0 Å². The molecule has 0 saturated heterocycles. The van der Waals surface area contributed by atoms with Crippen molar-refractivity contribution in [1.29, 1.82) is 0 Å². The molecule has 4 aromatic rings. The molecule has 9 nitrogen and oxygen atoms in total. The predicted octanol–water partition coefficient (Wildman–Crippen LogP) is 5.25. The molecule has 9 heteroatoms. The summed E-state index contributed by atoms with van der Waals surface area (Å²) in [4.78, 5) is 28.1. The Balaban J connectivity index is 1.39. The Morgan fingerprint density at radius 3 is 2.58 bits per heavy atom. The minimum absolute atomic E-state index is 0.00157. The summed E-state index contributed by atoms with van der Waals surface area (Å²) in [7, 11) is 1.52. The fourth-order valence-corrected chi connectivity index (χ4v) is 3.63. The molecule has 1 unspecified atom stereocenters. The number of anilines is 3. The molecule has 36 heavy (non-hydrogen) atoms. The highest BCUT2D eigenvalue weighted by Gasteiger charge is 2.14. The SMILES string of the molecule is COc1ccc(NC(=O)Cc2ccc3oc(Nc4ccccc4)nc3c2)cc1OCC(C)CC(=O)O. The number of carbonyl (C=O) groups excluding carboxylic acids is 1. The van der Waals surface area contributed by atoms with Crippen LogP contribution in [0.15, 0.2) is 71.1 Å². The lowest BCUT2D eigenvalue weighted by molar-refractivity contribution is -0.138. The first-order valence-electron chi connectivity index (χ1n) is 11.4. The standard InChI is InChI=1S/C27H27N3O6/c1-17(12-26(32)33)16-35-24-15-20(9-11-23(24)34-2)28-25(31)14-18-8-10-22-21(13-18)30-27(36-22)29-19-6-4-3-5-7-19/h3-11,13,15,17H,12,14,16H2,1-2H3,(H,28,31)(H,29,30)(H,32,33). The molecule has 0 radical (unpaired) electrons. The predicted molar refractivity (Wildman–Crippen MR) is 136 cm³/mol.